The lowest BCUT2D eigenvalue weighted by molar-refractivity contribution is 0.667. The Morgan fingerprint density at radius 3 is 2.50 bits per heavy atom. The molecule has 1 saturated carbocycles. The second-order valence-corrected chi connectivity index (χ2v) is 7.20. The van der Waals surface area contributed by atoms with Crippen molar-refractivity contribution < 1.29 is 0 Å². The van der Waals surface area contributed by atoms with E-state index in [4.69, 9.17) is 0 Å². The lowest BCUT2D eigenvalue weighted by atomic mass is 10.2. The number of pyridine rings is 1. The van der Waals surface area contributed by atoms with Gasteiger partial charge < -0.3 is 4.57 Å². The first-order valence-electron chi connectivity index (χ1n) is 8.39. The summed E-state index contributed by atoms with van der Waals surface area (Å²) in [5, 5.41) is 9.99. The van der Waals surface area contributed by atoms with Gasteiger partial charge in [-0.05, 0) is 42.5 Å². The second kappa shape index (κ2) is 7.18. The fraction of sp³-hybridized carbons (Fsp3) is 0.316. The van der Waals surface area contributed by atoms with Crippen LogP contribution in [-0.2, 0) is 13.0 Å². The zero-order chi connectivity index (χ0) is 16.2. The molecule has 1 aliphatic carbocycles. The van der Waals surface area contributed by atoms with Gasteiger partial charge in [0.15, 0.2) is 5.16 Å². The maximum absolute atomic E-state index is 4.48. The Morgan fingerprint density at radius 2 is 1.75 bits per heavy atom. The van der Waals surface area contributed by atoms with E-state index < -0.39 is 0 Å². The number of aryl methyl sites for hydroxylation is 1. The first-order chi connectivity index (χ1) is 11.9. The van der Waals surface area contributed by atoms with Crippen LogP contribution in [0, 0.1) is 0 Å². The molecule has 0 N–H and O–H groups in total. The Bertz CT molecular complexity index is 782. The molecule has 1 aromatic carbocycles. The Balaban J connectivity index is 1.48. The fourth-order valence-corrected chi connectivity index (χ4v) is 3.71. The maximum atomic E-state index is 4.48. The van der Waals surface area contributed by atoms with Crippen molar-refractivity contribution in [2.45, 2.75) is 36.9 Å². The van der Waals surface area contributed by atoms with Crippen LogP contribution < -0.4 is 0 Å². The van der Waals surface area contributed by atoms with E-state index in [1.807, 2.05) is 12.4 Å². The topological polar surface area (TPSA) is 43.6 Å². The predicted molar refractivity (Wildman–Crippen MR) is 96.2 cm³/mol. The van der Waals surface area contributed by atoms with Gasteiger partial charge in [0.05, 0.1) is 6.54 Å². The molecule has 0 atom stereocenters. The van der Waals surface area contributed by atoms with Crippen LogP contribution in [0.1, 0.15) is 35.7 Å². The molecule has 1 aliphatic rings. The van der Waals surface area contributed by atoms with Gasteiger partial charge in [0.1, 0.15) is 5.82 Å². The van der Waals surface area contributed by atoms with E-state index in [1.165, 1.54) is 24.0 Å². The van der Waals surface area contributed by atoms with E-state index in [9.17, 15) is 0 Å². The molecule has 5 heteroatoms. The SMILES string of the molecule is c1ccc(Cn2c(SCCc3ccncc3)nnc2C2CC2)cc1. The minimum absolute atomic E-state index is 0.607. The van der Waals surface area contributed by atoms with Crippen molar-refractivity contribution in [3.8, 4) is 0 Å². The third-order valence-corrected chi connectivity index (χ3v) is 5.21. The van der Waals surface area contributed by atoms with Gasteiger partial charge in [-0.3, -0.25) is 4.98 Å². The van der Waals surface area contributed by atoms with E-state index >= 15 is 0 Å². The van der Waals surface area contributed by atoms with Crippen LogP contribution in [-0.4, -0.2) is 25.5 Å². The summed E-state index contributed by atoms with van der Waals surface area (Å²) in [6.07, 6.45) is 7.21. The Hall–Kier alpha value is -2.14. The van der Waals surface area contributed by atoms with Crippen molar-refractivity contribution in [2.24, 2.45) is 0 Å². The van der Waals surface area contributed by atoms with Gasteiger partial charge in [0.2, 0.25) is 0 Å². The molecule has 24 heavy (non-hydrogen) atoms. The van der Waals surface area contributed by atoms with Crippen molar-refractivity contribution in [1.82, 2.24) is 19.7 Å². The van der Waals surface area contributed by atoms with Crippen LogP contribution in [0.2, 0.25) is 0 Å². The summed E-state index contributed by atoms with van der Waals surface area (Å²) in [7, 11) is 0. The van der Waals surface area contributed by atoms with E-state index in [0.717, 1.165) is 29.7 Å². The van der Waals surface area contributed by atoms with E-state index in [1.54, 1.807) is 11.8 Å². The van der Waals surface area contributed by atoms with Gasteiger partial charge in [-0.1, -0.05) is 42.1 Å². The Morgan fingerprint density at radius 1 is 0.958 bits per heavy atom. The lowest BCUT2D eigenvalue weighted by Crippen LogP contribution is -2.06. The average molecular weight is 336 g/mol. The summed E-state index contributed by atoms with van der Waals surface area (Å²) in [4.78, 5) is 4.07. The van der Waals surface area contributed by atoms with Crippen LogP contribution in [0.3, 0.4) is 0 Å². The molecule has 0 saturated heterocycles. The standard InChI is InChI=1S/C19H20N4S/c1-2-4-16(5-3-1)14-23-18(17-6-7-17)21-22-19(23)24-13-10-15-8-11-20-12-9-15/h1-5,8-9,11-12,17H,6-7,10,13-14H2. The minimum Gasteiger partial charge on any atom is -0.301 e. The number of hydrogen-bond donors (Lipinski definition) is 0. The number of aromatic nitrogens is 4. The van der Waals surface area contributed by atoms with Crippen LogP contribution in [0.5, 0.6) is 0 Å². The Kier molecular flexibility index (Phi) is 4.60. The number of nitrogens with zero attached hydrogens (tertiary/aromatic N) is 4. The zero-order valence-electron chi connectivity index (χ0n) is 13.5. The van der Waals surface area contributed by atoms with Crippen molar-refractivity contribution in [2.75, 3.05) is 5.75 Å². The highest BCUT2D eigenvalue weighted by atomic mass is 32.2. The average Bonchev–Trinajstić information content (AvgIpc) is 3.40. The number of hydrogen-bond acceptors (Lipinski definition) is 4. The monoisotopic (exact) mass is 336 g/mol. The fourth-order valence-electron chi connectivity index (χ4n) is 2.77. The largest absolute Gasteiger partial charge is 0.301 e. The molecular weight excluding hydrogens is 316 g/mol. The summed E-state index contributed by atoms with van der Waals surface area (Å²) < 4.78 is 2.31. The lowest BCUT2D eigenvalue weighted by Gasteiger charge is -2.10. The van der Waals surface area contributed by atoms with Gasteiger partial charge in [0, 0.05) is 24.1 Å². The first-order valence-corrected chi connectivity index (χ1v) is 9.37. The van der Waals surface area contributed by atoms with Crippen LogP contribution in [0.15, 0.2) is 60.0 Å². The summed E-state index contributed by atoms with van der Waals surface area (Å²) in [5.74, 6) is 2.77. The quantitative estimate of drug-likeness (QED) is 0.613. The summed E-state index contributed by atoms with van der Waals surface area (Å²) in [6, 6.07) is 14.7. The molecule has 0 amide bonds. The van der Waals surface area contributed by atoms with Crippen molar-refractivity contribution in [1.29, 1.82) is 0 Å². The second-order valence-electron chi connectivity index (χ2n) is 6.14. The molecule has 122 valence electrons. The maximum Gasteiger partial charge on any atom is 0.191 e. The normalized spacial score (nSPS) is 14.0. The summed E-state index contributed by atoms with van der Waals surface area (Å²) >= 11 is 1.80. The number of benzene rings is 1. The molecule has 2 aromatic heterocycles. The molecule has 2 heterocycles. The molecule has 0 radical (unpaired) electrons. The van der Waals surface area contributed by atoms with Crippen molar-refractivity contribution in [3.05, 3.63) is 71.8 Å². The smallest absolute Gasteiger partial charge is 0.191 e. The summed E-state index contributed by atoms with van der Waals surface area (Å²) in [5.41, 5.74) is 2.62. The highest BCUT2D eigenvalue weighted by Crippen LogP contribution is 2.40. The zero-order valence-corrected chi connectivity index (χ0v) is 14.3. The van der Waals surface area contributed by atoms with Crippen LogP contribution in [0.4, 0.5) is 0 Å². The minimum atomic E-state index is 0.607. The van der Waals surface area contributed by atoms with Crippen molar-refractivity contribution >= 4 is 11.8 Å². The molecule has 3 aromatic rings. The number of rotatable bonds is 7. The molecule has 4 rings (SSSR count). The Labute approximate surface area is 146 Å². The third kappa shape index (κ3) is 3.67. The van der Waals surface area contributed by atoms with Crippen molar-refractivity contribution in [3.63, 3.8) is 0 Å². The molecule has 0 bridgehead atoms. The highest BCUT2D eigenvalue weighted by Gasteiger charge is 2.30. The highest BCUT2D eigenvalue weighted by molar-refractivity contribution is 7.99. The molecule has 0 unspecified atom stereocenters. The third-order valence-electron chi connectivity index (χ3n) is 4.24. The van der Waals surface area contributed by atoms with E-state index in [-0.39, 0.29) is 0 Å². The van der Waals surface area contributed by atoms with E-state index in [0.29, 0.717) is 5.92 Å². The van der Waals surface area contributed by atoms with Gasteiger partial charge in [-0.15, -0.1) is 10.2 Å². The van der Waals surface area contributed by atoms with Gasteiger partial charge in [0.25, 0.3) is 0 Å². The summed E-state index contributed by atoms with van der Waals surface area (Å²) in [6.45, 7) is 0.858. The molecule has 4 nitrogen and oxygen atoms in total. The molecule has 0 spiro atoms. The van der Waals surface area contributed by atoms with Crippen LogP contribution >= 0.6 is 11.8 Å². The molecule has 1 fully saturated rings. The predicted octanol–water partition coefficient (Wildman–Crippen LogP) is 3.93. The molecule has 0 aliphatic heterocycles. The first kappa shape index (κ1) is 15.4. The van der Waals surface area contributed by atoms with Gasteiger partial charge >= 0.3 is 0 Å². The molecular formula is C19H20N4S. The van der Waals surface area contributed by atoms with Gasteiger partial charge in [-0.25, -0.2) is 0 Å². The van der Waals surface area contributed by atoms with E-state index in [2.05, 4.69) is 62.2 Å². The van der Waals surface area contributed by atoms with Gasteiger partial charge in [-0.2, -0.15) is 0 Å². The van der Waals surface area contributed by atoms with Crippen LogP contribution in [0.25, 0.3) is 0 Å². The number of thioether (sulfide) groups is 1.